The predicted molar refractivity (Wildman–Crippen MR) is 140 cm³/mol. The smallest absolute Gasteiger partial charge is 0.330 e. The fraction of sp³-hybridized carbons (Fsp3) is 0.296. The highest BCUT2D eigenvalue weighted by Crippen LogP contribution is 2.33. The van der Waals surface area contributed by atoms with Crippen LogP contribution in [0.15, 0.2) is 54.7 Å². The third-order valence-corrected chi connectivity index (χ3v) is 5.85. The number of carbonyl (C=O) groups excluding carboxylic acids is 1. The molecule has 0 saturated carbocycles. The van der Waals surface area contributed by atoms with E-state index in [1.54, 1.807) is 25.3 Å². The first-order valence-electron chi connectivity index (χ1n) is 11.8. The van der Waals surface area contributed by atoms with Crippen molar-refractivity contribution < 1.29 is 18.7 Å². The number of hydrogen-bond acceptors (Lipinski definition) is 7. The first-order chi connectivity index (χ1) is 17.3. The van der Waals surface area contributed by atoms with Gasteiger partial charge >= 0.3 is 5.97 Å². The van der Waals surface area contributed by atoms with Gasteiger partial charge in [0.2, 0.25) is 5.95 Å². The lowest BCUT2D eigenvalue weighted by atomic mass is 10.0. The van der Waals surface area contributed by atoms with Crippen molar-refractivity contribution in [3.05, 3.63) is 71.1 Å². The van der Waals surface area contributed by atoms with Gasteiger partial charge in [-0.25, -0.2) is 14.2 Å². The summed E-state index contributed by atoms with van der Waals surface area (Å²) in [5.41, 5.74) is 3.16. The molecule has 0 radical (unpaired) electrons. The Morgan fingerprint density at radius 3 is 2.75 bits per heavy atom. The number of esters is 1. The van der Waals surface area contributed by atoms with Crippen LogP contribution in [0.5, 0.6) is 0 Å². The van der Waals surface area contributed by atoms with Crippen molar-refractivity contribution in [2.24, 2.45) is 0 Å². The van der Waals surface area contributed by atoms with Crippen LogP contribution >= 0.6 is 11.6 Å². The fourth-order valence-corrected chi connectivity index (χ4v) is 4.28. The Morgan fingerprint density at radius 1 is 1.25 bits per heavy atom. The molecule has 188 valence electrons. The molecular formula is C27H28ClFN4O3. The topological polar surface area (TPSA) is 76.6 Å². The van der Waals surface area contributed by atoms with Crippen molar-refractivity contribution in [1.82, 2.24) is 9.97 Å². The van der Waals surface area contributed by atoms with Crippen LogP contribution < -0.4 is 10.2 Å². The third kappa shape index (κ3) is 6.38. The van der Waals surface area contributed by atoms with E-state index >= 15 is 0 Å². The molecule has 2 atom stereocenters. The van der Waals surface area contributed by atoms with Crippen molar-refractivity contribution >= 4 is 41.1 Å². The molecule has 1 saturated heterocycles. The second-order valence-corrected chi connectivity index (χ2v) is 8.97. The number of aromatic nitrogens is 2. The van der Waals surface area contributed by atoms with Crippen LogP contribution in [-0.2, 0) is 14.3 Å². The van der Waals surface area contributed by atoms with Crippen LogP contribution in [0.2, 0.25) is 5.02 Å². The molecule has 2 heterocycles. The summed E-state index contributed by atoms with van der Waals surface area (Å²) in [6.45, 7) is 7.49. The van der Waals surface area contributed by atoms with E-state index in [1.807, 2.05) is 38.1 Å². The monoisotopic (exact) mass is 510 g/mol. The zero-order valence-electron chi connectivity index (χ0n) is 20.4. The molecule has 3 aromatic rings. The Balaban J connectivity index is 1.70. The molecule has 0 aliphatic carbocycles. The van der Waals surface area contributed by atoms with E-state index in [-0.39, 0.29) is 23.2 Å². The second kappa shape index (κ2) is 11.5. The van der Waals surface area contributed by atoms with Crippen LogP contribution in [0, 0.1) is 5.82 Å². The minimum Gasteiger partial charge on any atom is -0.463 e. The molecule has 0 spiro atoms. The number of anilines is 3. The van der Waals surface area contributed by atoms with E-state index in [9.17, 15) is 9.18 Å². The molecule has 2 aromatic carbocycles. The van der Waals surface area contributed by atoms with Crippen molar-refractivity contribution in [2.45, 2.75) is 33.0 Å². The average Bonchev–Trinajstić information content (AvgIpc) is 2.85. The standard InChI is InChI=1S/C27H28ClFN4O3/c1-4-35-25(34)11-8-19-6-5-7-20(12-19)22-14-30-27(31-21-9-10-24(29)23(28)13-21)32-26(22)33-15-17(2)36-18(3)16-33/h5-14,17-18H,4,15-16H2,1-3H3,(H,30,31,32). The number of rotatable bonds is 7. The summed E-state index contributed by atoms with van der Waals surface area (Å²) in [6, 6.07) is 12.1. The van der Waals surface area contributed by atoms with Gasteiger partial charge in [-0.2, -0.15) is 4.98 Å². The molecule has 1 fully saturated rings. The average molecular weight is 511 g/mol. The summed E-state index contributed by atoms with van der Waals surface area (Å²) in [5, 5.41) is 3.13. The number of ether oxygens (including phenoxy) is 2. The van der Waals surface area contributed by atoms with Gasteiger partial charge in [-0.05, 0) is 62.2 Å². The van der Waals surface area contributed by atoms with Gasteiger partial charge in [0, 0.05) is 36.6 Å². The van der Waals surface area contributed by atoms with E-state index in [0.717, 1.165) is 22.5 Å². The minimum absolute atomic E-state index is 0.0142. The van der Waals surface area contributed by atoms with Crippen LogP contribution in [0.4, 0.5) is 21.8 Å². The number of morpholine rings is 1. The van der Waals surface area contributed by atoms with Gasteiger partial charge in [0.1, 0.15) is 11.6 Å². The lowest BCUT2D eigenvalue weighted by Gasteiger charge is -2.37. The fourth-order valence-electron chi connectivity index (χ4n) is 4.10. The molecule has 1 aliphatic heterocycles. The Hall–Kier alpha value is -3.49. The van der Waals surface area contributed by atoms with Gasteiger partial charge < -0.3 is 19.7 Å². The molecule has 1 aliphatic rings. The number of nitrogens with one attached hydrogen (secondary N) is 1. The second-order valence-electron chi connectivity index (χ2n) is 8.56. The van der Waals surface area contributed by atoms with Crippen LogP contribution in [0.1, 0.15) is 26.3 Å². The summed E-state index contributed by atoms with van der Waals surface area (Å²) in [7, 11) is 0. The van der Waals surface area contributed by atoms with Crippen molar-refractivity contribution in [1.29, 1.82) is 0 Å². The minimum atomic E-state index is -0.493. The Bertz CT molecular complexity index is 1260. The number of nitrogens with zero attached hydrogens (tertiary/aromatic N) is 3. The number of halogens is 2. The lowest BCUT2D eigenvalue weighted by molar-refractivity contribution is -0.137. The molecule has 1 aromatic heterocycles. The molecule has 36 heavy (non-hydrogen) atoms. The lowest BCUT2D eigenvalue weighted by Crippen LogP contribution is -2.46. The highest BCUT2D eigenvalue weighted by atomic mass is 35.5. The highest BCUT2D eigenvalue weighted by molar-refractivity contribution is 6.31. The Kier molecular flexibility index (Phi) is 8.18. The summed E-state index contributed by atoms with van der Waals surface area (Å²) in [4.78, 5) is 23.3. The summed E-state index contributed by atoms with van der Waals surface area (Å²) >= 11 is 5.94. The summed E-state index contributed by atoms with van der Waals surface area (Å²) in [5.74, 6) is 0.225. The van der Waals surface area contributed by atoms with Gasteiger partial charge in [0.25, 0.3) is 0 Å². The Labute approximate surface area is 214 Å². The van der Waals surface area contributed by atoms with Gasteiger partial charge in [-0.3, -0.25) is 0 Å². The van der Waals surface area contributed by atoms with Crippen LogP contribution in [0.25, 0.3) is 17.2 Å². The van der Waals surface area contributed by atoms with Crippen LogP contribution in [-0.4, -0.2) is 47.8 Å². The number of carbonyl (C=O) groups is 1. The molecular weight excluding hydrogens is 483 g/mol. The number of hydrogen-bond donors (Lipinski definition) is 1. The maximum Gasteiger partial charge on any atom is 0.330 e. The van der Waals surface area contributed by atoms with E-state index in [1.165, 1.54) is 18.2 Å². The van der Waals surface area contributed by atoms with Crippen molar-refractivity contribution in [2.75, 3.05) is 29.9 Å². The summed E-state index contributed by atoms with van der Waals surface area (Å²) in [6.07, 6.45) is 4.95. The third-order valence-electron chi connectivity index (χ3n) is 5.56. The largest absolute Gasteiger partial charge is 0.463 e. The normalized spacial score (nSPS) is 17.9. The maximum absolute atomic E-state index is 13.6. The number of benzene rings is 2. The molecule has 1 N–H and O–H groups in total. The van der Waals surface area contributed by atoms with Gasteiger partial charge in [-0.1, -0.05) is 29.8 Å². The molecule has 9 heteroatoms. The van der Waals surface area contributed by atoms with Gasteiger partial charge in [-0.15, -0.1) is 0 Å². The molecule has 4 rings (SSSR count). The zero-order chi connectivity index (χ0) is 25.7. The first-order valence-corrected chi connectivity index (χ1v) is 12.1. The Morgan fingerprint density at radius 2 is 2.03 bits per heavy atom. The van der Waals surface area contributed by atoms with Gasteiger partial charge in [0.15, 0.2) is 0 Å². The van der Waals surface area contributed by atoms with E-state index < -0.39 is 5.82 Å². The van der Waals surface area contributed by atoms with E-state index in [2.05, 4.69) is 15.2 Å². The van der Waals surface area contributed by atoms with Crippen LogP contribution in [0.3, 0.4) is 0 Å². The predicted octanol–water partition coefficient (Wildman–Crippen LogP) is 5.87. The molecule has 0 bridgehead atoms. The van der Waals surface area contributed by atoms with Crippen molar-refractivity contribution in [3.63, 3.8) is 0 Å². The van der Waals surface area contributed by atoms with Crippen molar-refractivity contribution in [3.8, 4) is 11.1 Å². The molecule has 7 nitrogen and oxygen atoms in total. The van der Waals surface area contributed by atoms with Gasteiger partial charge in [0.05, 0.1) is 23.8 Å². The SMILES string of the molecule is CCOC(=O)C=Cc1cccc(-c2cnc(Nc3ccc(F)c(Cl)c3)nc2N2CC(C)OC(C)C2)c1. The molecule has 0 amide bonds. The zero-order valence-corrected chi connectivity index (χ0v) is 21.1. The quantitative estimate of drug-likeness (QED) is 0.314. The van der Waals surface area contributed by atoms with E-state index in [4.69, 9.17) is 26.1 Å². The van der Waals surface area contributed by atoms with E-state index in [0.29, 0.717) is 31.3 Å². The molecule has 2 unspecified atom stereocenters. The highest BCUT2D eigenvalue weighted by Gasteiger charge is 2.26. The maximum atomic E-state index is 13.6. The summed E-state index contributed by atoms with van der Waals surface area (Å²) < 4.78 is 24.5. The first kappa shape index (κ1) is 25.6.